The Morgan fingerprint density at radius 2 is 1.88 bits per heavy atom. The fourth-order valence-electron chi connectivity index (χ4n) is 1.46. The molecule has 0 aliphatic rings. The van der Waals surface area contributed by atoms with E-state index >= 15 is 0 Å². The fourth-order valence-corrected chi connectivity index (χ4v) is 1.81. The van der Waals surface area contributed by atoms with Gasteiger partial charge in [-0.2, -0.15) is 0 Å². The molecule has 0 amide bonds. The monoisotopic (exact) mass is 267 g/mol. The first kappa shape index (κ1) is 12.1. The molecule has 0 spiro atoms. The van der Waals surface area contributed by atoms with Crippen LogP contribution in [-0.4, -0.2) is 9.97 Å². The van der Waals surface area contributed by atoms with Gasteiger partial charge >= 0.3 is 0 Å². The zero-order valence-corrected chi connectivity index (χ0v) is 11.0. The molecule has 0 aliphatic carbocycles. The number of aromatic nitrogens is 2. The van der Waals surface area contributed by atoms with Crippen LogP contribution in [0.1, 0.15) is 11.1 Å². The highest BCUT2D eigenvalue weighted by Gasteiger charge is 2.06. The van der Waals surface area contributed by atoms with Gasteiger partial charge in [0.2, 0.25) is 5.28 Å². The molecule has 2 rings (SSSR count). The van der Waals surface area contributed by atoms with Gasteiger partial charge in [0, 0.05) is 5.69 Å². The van der Waals surface area contributed by atoms with Crippen molar-refractivity contribution in [3.05, 3.63) is 46.0 Å². The maximum Gasteiger partial charge on any atom is 0.223 e. The van der Waals surface area contributed by atoms with Crippen LogP contribution in [0.3, 0.4) is 0 Å². The van der Waals surface area contributed by atoms with Gasteiger partial charge < -0.3 is 5.32 Å². The second-order valence-corrected chi connectivity index (χ2v) is 4.41. The summed E-state index contributed by atoms with van der Waals surface area (Å²) in [6, 6.07) is 6.02. The summed E-state index contributed by atoms with van der Waals surface area (Å²) in [4.78, 5) is 7.77. The lowest BCUT2D eigenvalue weighted by Gasteiger charge is -2.11. The molecule has 0 saturated carbocycles. The Morgan fingerprint density at radius 1 is 1.12 bits per heavy atom. The van der Waals surface area contributed by atoms with Crippen LogP contribution in [0.4, 0.5) is 11.4 Å². The van der Waals surface area contributed by atoms with E-state index in [4.69, 9.17) is 23.2 Å². The quantitative estimate of drug-likeness (QED) is 0.657. The summed E-state index contributed by atoms with van der Waals surface area (Å²) >= 11 is 11.6. The minimum Gasteiger partial charge on any atom is -0.352 e. The molecule has 0 radical (unpaired) electrons. The molecule has 17 heavy (non-hydrogen) atoms. The average Bonchev–Trinajstić information content (AvgIpc) is 2.28. The largest absolute Gasteiger partial charge is 0.352 e. The Labute approximate surface area is 110 Å². The summed E-state index contributed by atoms with van der Waals surface area (Å²) in [5.41, 5.74) is 4.00. The molecule has 3 nitrogen and oxygen atoms in total. The van der Waals surface area contributed by atoms with Crippen molar-refractivity contribution in [2.24, 2.45) is 0 Å². The molecule has 0 aliphatic heterocycles. The normalized spacial score (nSPS) is 10.4. The SMILES string of the molecule is Cc1cccc(Nc2cnc(Cl)nc2Cl)c1C. The Morgan fingerprint density at radius 3 is 2.59 bits per heavy atom. The molecule has 0 atom stereocenters. The van der Waals surface area contributed by atoms with Crippen molar-refractivity contribution in [1.29, 1.82) is 0 Å². The van der Waals surface area contributed by atoms with Gasteiger partial charge in [-0.05, 0) is 42.6 Å². The van der Waals surface area contributed by atoms with Gasteiger partial charge in [0.25, 0.3) is 0 Å². The molecule has 1 heterocycles. The third kappa shape index (κ3) is 2.68. The first-order valence-electron chi connectivity index (χ1n) is 5.09. The molecule has 0 saturated heterocycles. The standard InChI is InChI=1S/C12H11Cl2N3/c1-7-4-3-5-9(8(7)2)16-10-6-15-12(14)17-11(10)13/h3-6,16H,1-2H3. The minimum absolute atomic E-state index is 0.140. The van der Waals surface area contributed by atoms with E-state index in [1.54, 1.807) is 6.20 Å². The summed E-state index contributed by atoms with van der Waals surface area (Å²) in [6.07, 6.45) is 1.57. The van der Waals surface area contributed by atoms with E-state index < -0.39 is 0 Å². The number of benzene rings is 1. The van der Waals surface area contributed by atoms with Crippen molar-refractivity contribution < 1.29 is 0 Å². The van der Waals surface area contributed by atoms with E-state index in [0.717, 1.165) is 5.69 Å². The van der Waals surface area contributed by atoms with Crippen molar-refractivity contribution in [3.63, 3.8) is 0 Å². The highest BCUT2D eigenvalue weighted by atomic mass is 35.5. The van der Waals surface area contributed by atoms with Crippen LogP contribution in [0.15, 0.2) is 24.4 Å². The fraction of sp³-hybridized carbons (Fsp3) is 0.167. The van der Waals surface area contributed by atoms with Crippen molar-refractivity contribution in [1.82, 2.24) is 9.97 Å². The van der Waals surface area contributed by atoms with E-state index in [1.807, 2.05) is 19.1 Å². The van der Waals surface area contributed by atoms with Crippen LogP contribution in [0.25, 0.3) is 0 Å². The van der Waals surface area contributed by atoms with E-state index in [2.05, 4.69) is 28.3 Å². The highest BCUT2D eigenvalue weighted by molar-refractivity contribution is 6.33. The molecular formula is C12H11Cl2N3. The van der Waals surface area contributed by atoms with Crippen LogP contribution >= 0.6 is 23.2 Å². The number of hydrogen-bond donors (Lipinski definition) is 1. The van der Waals surface area contributed by atoms with Crippen LogP contribution in [0.5, 0.6) is 0 Å². The van der Waals surface area contributed by atoms with Gasteiger partial charge in [0.15, 0.2) is 5.15 Å². The van der Waals surface area contributed by atoms with Gasteiger partial charge in [-0.3, -0.25) is 0 Å². The maximum atomic E-state index is 5.97. The summed E-state index contributed by atoms with van der Waals surface area (Å²) in [5.74, 6) is 0. The summed E-state index contributed by atoms with van der Waals surface area (Å²) in [5, 5.41) is 3.64. The zero-order chi connectivity index (χ0) is 12.4. The van der Waals surface area contributed by atoms with Gasteiger partial charge in [0.1, 0.15) is 0 Å². The predicted octanol–water partition coefficient (Wildman–Crippen LogP) is 4.14. The van der Waals surface area contributed by atoms with Gasteiger partial charge in [-0.25, -0.2) is 9.97 Å². The van der Waals surface area contributed by atoms with Crippen LogP contribution < -0.4 is 5.32 Å². The number of halogens is 2. The van der Waals surface area contributed by atoms with Crippen LogP contribution in [0, 0.1) is 13.8 Å². The van der Waals surface area contributed by atoms with Gasteiger partial charge in [0.05, 0.1) is 11.9 Å². The second kappa shape index (κ2) is 4.90. The second-order valence-electron chi connectivity index (χ2n) is 3.72. The molecule has 0 fully saturated rings. The van der Waals surface area contributed by atoms with Crippen molar-refractivity contribution in [2.45, 2.75) is 13.8 Å². The average molecular weight is 268 g/mol. The summed E-state index contributed by atoms with van der Waals surface area (Å²) in [6.45, 7) is 4.10. The first-order chi connectivity index (χ1) is 8.08. The predicted molar refractivity (Wildman–Crippen MR) is 71.3 cm³/mol. The van der Waals surface area contributed by atoms with E-state index in [0.29, 0.717) is 10.8 Å². The first-order valence-corrected chi connectivity index (χ1v) is 5.85. The smallest absolute Gasteiger partial charge is 0.223 e. The molecule has 2 aromatic rings. The third-order valence-corrected chi connectivity index (χ3v) is 3.06. The van der Waals surface area contributed by atoms with Crippen LogP contribution in [-0.2, 0) is 0 Å². The lowest BCUT2D eigenvalue weighted by Crippen LogP contribution is -1.97. The Bertz CT molecular complexity index is 555. The Balaban J connectivity index is 2.35. The number of rotatable bonds is 2. The molecule has 0 bridgehead atoms. The summed E-state index contributed by atoms with van der Waals surface area (Å²) in [7, 11) is 0. The van der Waals surface area contributed by atoms with E-state index in [1.165, 1.54) is 11.1 Å². The third-order valence-electron chi connectivity index (χ3n) is 2.59. The van der Waals surface area contributed by atoms with Crippen molar-refractivity contribution in [3.8, 4) is 0 Å². The highest BCUT2D eigenvalue weighted by Crippen LogP contribution is 2.26. The number of aryl methyl sites for hydroxylation is 1. The van der Waals surface area contributed by atoms with E-state index in [-0.39, 0.29) is 5.28 Å². The minimum atomic E-state index is 0.140. The summed E-state index contributed by atoms with van der Waals surface area (Å²) < 4.78 is 0. The van der Waals surface area contributed by atoms with Gasteiger partial charge in [-0.1, -0.05) is 23.7 Å². The molecule has 1 aromatic heterocycles. The number of hydrogen-bond acceptors (Lipinski definition) is 3. The number of nitrogens with zero attached hydrogens (tertiary/aromatic N) is 2. The van der Waals surface area contributed by atoms with Gasteiger partial charge in [-0.15, -0.1) is 0 Å². The number of nitrogens with one attached hydrogen (secondary N) is 1. The molecule has 0 unspecified atom stereocenters. The topological polar surface area (TPSA) is 37.8 Å². The lowest BCUT2D eigenvalue weighted by molar-refractivity contribution is 1.17. The maximum absolute atomic E-state index is 5.97. The van der Waals surface area contributed by atoms with E-state index in [9.17, 15) is 0 Å². The van der Waals surface area contributed by atoms with Crippen molar-refractivity contribution >= 4 is 34.6 Å². The molecular weight excluding hydrogens is 257 g/mol. The van der Waals surface area contributed by atoms with Crippen molar-refractivity contribution in [2.75, 3.05) is 5.32 Å². The zero-order valence-electron chi connectivity index (χ0n) is 9.46. The Hall–Kier alpha value is -1.32. The molecule has 1 aromatic carbocycles. The molecule has 1 N–H and O–H groups in total. The number of anilines is 2. The molecule has 5 heteroatoms. The lowest BCUT2D eigenvalue weighted by atomic mass is 10.1. The Kier molecular flexibility index (Phi) is 3.50. The van der Waals surface area contributed by atoms with Crippen LogP contribution in [0.2, 0.25) is 10.4 Å². The molecule has 88 valence electrons.